The number of nitrogens with one attached hydrogen (secondary N) is 2. The van der Waals surface area contributed by atoms with E-state index in [0.717, 1.165) is 32.8 Å². The maximum absolute atomic E-state index is 12.8. The number of hydrogen-bond acceptors (Lipinski definition) is 3. The maximum atomic E-state index is 12.8. The first-order valence-electron chi connectivity index (χ1n) is 10.7. The number of benzene rings is 1. The molecule has 3 aliphatic rings. The molecular weight excluding hydrogens is 338 g/mol. The quantitative estimate of drug-likeness (QED) is 0.805. The molecule has 2 amide bonds. The Morgan fingerprint density at radius 3 is 2.48 bits per heavy atom. The standard InChI is InChI=1S/C22H33N3O2/c26-21(24-20(19-9-10-19)18-7-3-1-4-8-18)23-17-22(11-5-2-6-12-22)25-13-15-27-16-14-25/h1,3-4,7-8,19-20H,2,5-6,9-17H2,(H2,23,24,26). The van der Waals surface area contributed by atoms with Gasteiger partial charge < -0.3 is 15.4 Å². The summed E-state index contributed by atoms with van der Waals surface area (Å²) < 4.78 is 5.55. The number of rotatable bonds is 6. The van der Waals surface area contributed by atoms with E-state index < -0.39 is 0 Å². The molecule has 5 nitrogen and oxygen atoms in total. The molecule has 1 atom stereocenters. The van der Waals surface area contributed by atoms with E-state index in [-0.39, 0.29) is 17.6 Å². The lowest BCUT2D eigenvalue weighted by Gasteiger charge is -2.48. The fourth-order valence-electron chi connectivity index (χ4n) is 4.85. The molecule has 2 N–H and O–H groups in total. The van der Waals surface area contributed by atoms with Gasteiger partial charge in [-0.15, -0.1) is 0 Å². The molecule has 1 unspecified atom stereocenters. The molecule has 4 rings (SSSR count). The van der Waals surface area contributed by atoms with Crippen LogP contribution in [0.2, 0.25) is 0 Å². The molecular formula is C22H33N3O2. The van der Waals surface area contributed by atoms with Crippen molar-refractivity contribution in [1.29, 1.82) is 0 Å². The maximum Gasteiger partial charge on any atom is 0.315 e. The van der Waals surface area contributed by atoms with Gasteiger partial charge in [-0.3, -0.25) is 4.90 Å². The Labute approximate surface area is 162 Å². The van der Waals surface area contributed by atoms with Crippen LogP contribution in [0.15, 0.2) is 30.3 Å². The largest absolute Gasteiger partial charge is 0.379 e. The van der Waals surface area contributed by atoms with Gasteiger partial charge in [0.15, 0.2) is 0 Å². The number of morpholine rings is 1. The van der Waals surface area contributed by atoms with Gasteiger partial charge in [0.1, 0.15) is 0 Å². The van der Waals surface area contributed by atoms with Gasteiger partial charge in [-0.25, -0.2) is 4.79 Å². The van der Waals surface area contributed by atoms with E-state index in [1.54, 1.807) is 0 Å². The SMILES string of the molecule is O=C(NCC1(N2CCOCC2)CCCCC1)NC(c1ccccc1)C1CC1. The van der Waals surface area contributed by atoms with Crippen molar-refractivity contribution in [2.45, 2.75) is 56.5 Å². The van der Waals surface area contributed by atoms with E-state index >= 15 is 0 Å². The van der Waals surface area contributed by atoms with Crippen molar-refractivity contribution in [2.24, 2.45) is 5.92 Å². The van der Waals surface area contributed by atoms with Crippen molar-refractivity contribution in [3.8, 4) is 0 Å². The number of ether oxygens (including phenoxy) is 1. The first-order valence-corrected chi connectivity index (χ1v) is 10.7. The molecule has 1 heterocycles. The zero-order valence-corrected chi connectivity index (χ0v) is 16.3. The first-order chi connectivity index (χ1) is 13.3. The lowest BCUT2D eigenvalue weighted by molar-refractivity contribution is -0.0357. The third kappa shape index (κ3) is 4.64. The predicted octanol–water partition coefficient (Wildman–Crippen LogP) is 3.47. The molecule has 0 aromatic heterocycles. The zero-order chi connectivity index (χ0) is 18.5. The Kier molecular flexibility index (Phi) is 5.98. The van der Waals surface area contributed by atoms with Gasteiger partial charge in [-0.1, -0.05) is 49.6 Å². The molecule has 0 spiro atoms. The fourth-order valence-corrected chi connectivity index (χ4v) is 4.85. The molecule has 0 bridgehead atoms. The van der Waals surface area contributed by atoms with Crippen LogP contribution in [0.5, 0.6) is 0 Å². The highest BCUT2D eigenvalue weighted by molar-refractivity contribution is 5.74. The van der Waals surface area contributed by atoms with Crippen LogP contribution >= 0.6 is 0 Å². The second-order valence-electron chi connectivity index (χ2n) is 8.44. The van der Waals surface area contributed by atoms with E-state index in [1.165, 1.54) is 50.5 Å². The summed E-state index contributed by atoms with van der Waals surface area (Å²) in [6, 6.07) is 10.5. The Morgan fingerprint density at radius 1 is 1.11 bits per heavy atom. The molecule has 1 aromatic rings. The minimum absolute atomic E-state index is 0.0195. The lowest BCUT2D eigenvalue weighted by atomic mass is 9.80. The van der Waals surface area contributed by atoms with Crippen LogP contribution in [0.4, 0.5) is 4.79 Å². The average molecular weight is 372 g/mol. The molecule has 5 heteroatoms. The molecule has 1 aromatic carbocycles. The summed E-state index contributed by atoms with van der Waals surface area (Å²) in [5.74, 6) is 0.584. The van der Waals surface area contributed by atoms with Crippen LogP contribution in [-0.2, 0) is 4.74 Å². The van der Waals surface area contributed by atoms with E-state index in [1.807, 2.05) is 6.07 Å². The highest BCUT2D eigenvalue weighted by atomic mass is 16.5. The Balaban J connectivity index is 1.37. The molecule has 0 radical (unpaired) electrons. The minimum atomic E-state index is -0.0195. The predicted molar refractivity (Wildman–Crippen MR) is 107 cm³/mol. The van der Waals surface area contributed by atoms with Gasteiger partial charge >= 0.3 is 6.03 Å². The summed E-state index contributed by atoms with van der Waals surface area (Å²) in [6.07, 6.45) is 8.60. The van der Waals surface area contributed by atoms with Gasteiger partial charge in [0, 0.05) is 25.2 Å². The number of urea groups is 1. The molecule has 2 aliphatic carbocycles. The van der Waals surface area contributed by atoms with Crippen LogP contribution in [-0.4, -0.2) is 49.3 Å². The highest BCUT2D eigenvalue weighted by Crippen LogP contribution is 2.41. The number of hydrogen-bond donors (Lipinski definition) is 2. The monoisotopic (exact) mass is 371 g/mol. The number of nitrogens with zero attached hydrogens (tertiary/aromatic N) is 1. The Bertz CT molecular complexity index is 605. The van der Waals surface area contributed by atoms with E-state index in [0.29, 0.717) is 5.92 Å². The molecule has 1 saturated heterocycles. The van der Waals surface area contributed by atoms with Crippen LogP contribution in [0.25, 0.3) is 0 Å². The van der Waals surface area contributed by atoms with Crippen molar-refractivity contribution in [3.63, 3.8) is 0 Å². The second kappa shape index (κ2) is 8.61. The van der Waals surface area contributed by atoms with Crippen LogP contribution in [0.3, 0.4) is 0 Å². The summed E-state index contributed by atoms with van der Waals surface area (Å²) in [5.41, 5.74) is 1.33. The van der Waals surface area contributed by atoms with Gasteiger partial charge in [0.05, 0.1) is 19.3 Å². The van der Waals surface area contributed by atoms with Crippen LogP contribution in [0, 0.1) is 5.92 Å². The second-order valence-corrected chi connectivity index (χ2v) is 8.44. The average Bonchev–Trinajstić information content (AvgIpc) is 3.58. The van der Waals surface area contributed by atoms with Gasteiger partial charge in [0.25, 0.3) is 0 Å². The molecule has 148 valence electrons. The highest BCUT2D eigenvalue weighted by Gasteiger charge is 2.39. The summed E-state index contributed by atoms with van der Waals surface area (Å²) in [6.45, 7) is 4.33. The van der Waals surface area contributed by atoms with E-state index in [9.17, 15) is 4.79 Å². The first kappa shape index (κ1) is 18.8. The number of carbonyl (C=O) groups excluding carboxylic acids is 1. The van der Waals surface area contributed by atoms with Gasteiger partial charge in [-0.2, -0.15) is 0 Å². The molecule has 1 aliphatic heterocycles. The third-order valence-electron chi connectivity index (χ3n) is 6.58. The topological polar surface area (TPSA) is 53.6 Å². The van der Waals surface area contributed by atoms with Gasteiger partial charge in [0.2, 0.25) is 0 Å². The summed E-state index contributed by atoms with van der Waals surface area (Å²) in [5, 5.41) is 6.50. The lowest BCUT2D eigenvalue weighted by Crippen LogP contribution is -2.60. The van der Waals surface area contributed by atoms with E-state index in [4.69, 9.17) is 4.74 Å². The van der Waals surface area contributed by atoms with Gasteiger partial charge in [-0.05, 0) is 37.2 Å². The van der Waals surface area contributed by atoms with Crippen molar-refractivity contribution < 1.29 is 9.53 Å². The van der Waals surface area contributed by atoms with Crippen molar-refractivity contribution in [3.05, 3.63) is 35.9 Å². The number of carbonyl (C=O) groups is 1. The van der Waals surface area contributed by atoms with Crippen molar-refractivity contribution in [1.82, 2.24) is 15.5 Å². The van der Waals surface area contributed by atoms with Crippen LogP contribution in [0.1, 0.15) is 56.6 Å². The molecule has 27 heavy (non-hydrogen) atoms. The minimum Gasteiger partial charge on any atom is -0.379 e. The normalized spacial score (nSPS) is 24.1. The zero-order valence-electron chi connectivity index (χ0n) is 16.3. The van der Waals surface area contributed by atoms with Crippen molar-refractivity contribution in [2.75, 3.05) is 32.8 Å². The summed E-state index contributed by atoms with van der Waals surface area (Å²) >= 11 is 0. The summed E-state index contributed by atoms with van der Waals surface area (Å²) in [4.78, 5) is 15.3. The molecule has 2 saturated carbocycles. The van der Waals surface area contributed by atoms with Crippen molar-refractivity contribution >= 4 is 6.03 Å². The smallest absolute Gasteiger partial charge is 0.315 e. The Morgan fingerprint density at radius 2 is 1.81 bits per heavy atom. The number of amides is 2. The fraction of sp³-hybridized carbons (Fsp3) is 0.682. The molecule has 3 fully saturated rings. The van der Waals surface area contributed by atoms with E-state index in [2.05, 4.69) is 39.8 Å². The third-order valence-corrected chi connectivity index (χ3v) is 6.58. The summed E-state index contributed by atoms with van der Waals surface area (Å²) in [7, 11) is 0. The Hall–Kier alpha value is -1.59. The van der Waals surface area contributed by atoms with Crippen LogP contribution < -0.4 is 10.6 Å².